The highest BCUT2D eigenvalue weighted by molar-refractivity contribution is 6.31. The second-order valence-corrected chi connectivity index (χ2v) is 6.55. The molecule has 21 heavy (non-hydrogen) atoms. The van der Waals surface area contributed by atoms with Crippen molar-refractivity contribution in [2.24, 2.45) is 5.92 Å². The molecular weight excluding hydrogens is 284 g/mol. The molecule has 0 amide bonds. The number of likely N-dealkylation sites (tertiary alicyclic amines) is 1. The van der Waals surface area contributed by atoms with Gasteiger partial charge in [0.1, 0.15) is 12.4 Å². The van der Waals surface area contributed by atoms with Crippen molar-refractivity contribution in [1.29, 1.82) is 0 Å². The summed E-state index contributed by atoms with van der Waals surface area (Å²) in [6.45, 7) is 10.3. The Morgan fingerprint density at radius 2 is 2.05 bits per heavy atom. The molecule has 1 aliphatic rings. The lowest BCUT2D eigenvalue weighted by Gasteiger charge is -2.17. The first kappa shape index (κ1) is 16.6. The Morgan fingerprint density at radius 3 is 2.76 bits per heavy atom. The molecule has 0 unspecified atom stereocenters. The van der Waals surface area contributed by atoms with Crippen LogP contribution in [0.25, 0.3) is 0 Å². The highest BCUT2D eigenvalue weighted by Gasteiger charge is 2.12. The minimum Gasteiger partial charge on any atom is -0.492 e. The number of hydrogen-bond acceptors (Lipinski definition) is 3. The molecule has 1 fully saturated rings. The Kier molecular flexibility index (Phi) is 6.81. The van der Waals surface area contributed by atoms with Gasteiger partial charge in [-0.2, -0.15) is 0 Å². The van der Waals surface area contributed by atoms with Crippen molar-refractivity contribution in [1.82, 2.24) is 10.2 Å². The maximum atomic E-state index is 6.32. The number of halogens is 1. The van der Waals surface area contributed by atoms with Crippen molar-refractivity contribution in [2.75, 3.05) is 32.8 Å². The van der Waals surface area contributed by atoms with E-state index in [1.165, 1.54) is 25.9 Å². The van der Waals surface area contributed by atoms with Crippen LogP contribution in [0.5, 0.6) is 5.75 Å². The average molecular weight is 311 g/mol. The first-order valence-corrected chi connectivity index (χ1v) is 8.38. The average Bonchev–Trinajstić information content (AvgIpc) is 2.94. The third kappa shape index (κ3) is 5.50. The van der Waals surface area contributed by atoms with Gasteiger partial charge in [0, 0.05) is 23.7 Å². The maximum absolute atomic E-state index is 6.32. The molecule has 1 heterocycles. The molecule has 0 aromatic heterocycles. The van der Waals surface area contributed by atoms with Crippen LogP contribution in [0.1, 0.15) is 32.3 Å². The second kappa shape index (κ2) is 8.62. The summed E-state index contributed by atoms with van der Waals surface area (Å²) >= 11 is 6.32. The van der Waals surface area contributed by atoms with E-state index in [1.807, 2.05) is 18.2 Å². The topological polar surface area (TPSA) is 24.5 Å². The summed E-state index contributed by atoms with van der Waals surface area (Å²) in [6, 6.07) is 5.91. The lowest BCUT2D eigenvalue weighted by Crippen LogP contribution is -2.25. The van der Waals surface area contributed by atoms with E-state index in [9.17, 15) is 0 Å². The molecule has 4 heteroatoms. The lowest BCUT2D eigenvalue weighted by atomic mass is 10.1. The quantitative estimate of drug-likeness (QED) is 0.794. The minimum absolute atomic E-state index is 0.632. The molecule has 1 aliphatic heterocycles. The first-order valence-electron chi connectivity index (χ1n) is 8.00. The fraction of sp³-hybridized carbons (Fsp3) is 0.647. The number of nitrogens with zero attached hydrogens (tertiary/aromatic N) is 1. The second-order valence-electron chi connectivity index (χ2n) is 6.14. The zero-order valence-corrected chi connectivity index (χ0v) is 14.0. The number of benzene rings is 1. The van der Waals surface area contributed by atoms with Crippen LogP contribution in [0.4, 0.5) is 0 Å². The van der Waals surface area contributed by atoms with Gasteiger partial charge in [0.05, 0.1) is 0 Å². The predicted octanol–water partition coefficient (Wildman–Crippen LogP) is 3.56. The van der Waals surface area contributed by atoms with E-state index in [0.29, 0.717) is 5.92 Å². The Bertz CT molecular complexity index is 431. The normalized spacial score (nSPS) is 15.8. The zero-order chi connectivity index (χ0) is 15.1. The highest BCUT2D eigenvalue weighted by atomic mass is 35.5. The molecule has 2 rings (SSSR count). The molecule has 0 atom stereocenters. The van der Waals surface area contributed by atoms with E-state index in [0.717, 1.165) is 42.6 Å². The summed E-state index contributed by atoms with van der Waals surface area (Å²) in [5, 5.41) is 4.22. The van der Waals surface area contributed by atoms with E-state index in [1.54, 1.807) is 0 Å². The van der Waals surface area contributed by atoms with E-state index >= 15 is 0 Å². The van der Waals surface area contributed by atoms with Crippen molar-refractivity contribution in [3.63, 3.8) is 0 Å². The molecule has 1 saturated heterocycles. The Balaban J connectivity index is 1.86. The van der Waals surface area contributed by atoms with Crippen molar-refractivity contribution < 1.29 is 4.74 Å². The molecule has 118 valence electrons. The van der Waals surface area contributed by atoms with Crippen LogP contribution in [0.15, 0.2) is 18.2 Å². The summed E-state index contributed by atoms with van der Waals surface area (Å²) in [4.78, 5) is 2.46. The lowest BCUT2D eigenvalue weighted by molar-refractivity contribution is 0.236. The van der Waals surface area contributed by atoms with Gasteiger partial charge in [0.25, 0.3) is 0 Å². The third-order valence-electron chi connectivity index (χ3n) is 3.79. The number of ether oxygens (including phenoxy) is 1. The van der Waals surface area contributed by atoms with Gasteiger partial charge in [-0.15, -0.1) is 0 Å². The van der Waals surface area contributed by atoms with Crippen LogP contribution in [0.2, 0.25) is 5.02 Å². The molecular formula is C17H27ClN2O. The van der Waals surface area contributed by atoms with Crippen molar-refractivity contribution in [3.05, 3.63) is 28.8 Å². The van der Waals surface area contributed by atoms with Gasteiger partial charge < -0.3 is 10.1 Å². The standard InChI is InChI=1S/C17H27ClN2O/c1-14(2)12-19-13-15-16(18)6-5-7-17(15)21-11-10-20-8-3-4-9-20/h5-7,14,19H,3-4,8-13H2,1-2H3. The molecule has 0 bridgehead atoms. The van der Waals surface area contributed by atoms with E-state index in [4.69, 9.17) is 16.3 Å². The molecule has 0 saturated carbocycles. The van der Waals surface area contributed by atoms with Crippen molar-refractivity contribution >= 4 is 11.6 Å². The summed E-state index contributed by atoms with van der Waals surface area (Å²) in [7, 11) is 0. The van der Waals surface area contributed by atoms with Crippen LogP contribution < -0.4 is 10.1 Å². The summed E-state index contributed by atoms with van der Waals surface area (Å²) in [5.74, 6) is 1.55. The van der Waals surface area contributed by atoms with Crippen LogP contribution in [-0.4, -0.2) is 37.7 Å². The van der Waals surface area contributed by atoms with E-state index < -0.39 is 0 Å². The van der Waals surface area contributed by atoms with Gasteiger partial charge >= 0.3 is 0 Å². The SMILES string of the molecule is CC(C)CNCc1c(Cl)cccc1OCCN1CCCC1. The highest BCUT2D eigenvalue weighted by Crippen LogP contribution is 2.26. The van der Waals surface area contributed by atoms with Crippen molar-refractivity contribution in [2.45, 2.75) is 33.2 Å². The molecule has 3 nitrogen and oxygen atoms in total. The third-order valence-corrected chi connectivity index (χ3v) is 4.15. The smallest absolute Gasteiger partial charge is 0.125 e. The van der Waals surface area contributed by atoms with Crippen LogP contribution in [0.3, 0.4) is 0 Å². The molecule has 0 spiro atoms. The molecule has 1 N–H and O–H groups in total. The van der Waals surface area contributed by atoms with Gasteiger partial charge in [-0.05, 0) is 50.5 Å². The molecule has 1 aromatic carbocycles. The summed E-state index contributed by atoms with van der Waals surface area (Å²) in [6.07, 6.45) is 2.64. The van der Waals surface area contributed by atoms with Gasteiger partial charge in [-0.3, -0.25) is 4.90 Å². The van der Waals surface area contributed by atoms with E-state index in [2.05, 4.69) is 24.1 Å². The number of hydrogen-bond donors (Lipinski definition) is 1. The predicted molar refractivity (Wildman–Crippen MR) is 89.2 cm³/mol. The molecule has 0 radical (unpaired) electrons. The Morgan fingerprint density at radius 1 is 1.29 bits per heavy atom. The fourth-order valence-electron chi connectivity index (χ4n) is 2.62. The van der Waals surface area contributed by atoms with Crippen LogP contribution in [-0.2, 0) is 6.54 Å². The van der Waals surface area contributed by atoms with Gasteiger partial charge in [-0.1, -0.05) is 31.5 Å². The first-order chi connectivity index (χ1) is 10.2. The number of nitrogens with one attached hydrogen (secondary N) is 1. The fourth-order valence-corrected chi connectivity index (χ4v) is 2.86. The minimum atomic E-state index is 0.632. The van der Waals surface area contributed by atoms with Crippen LogP contribution in [0, 0.1) is 5.92 Å². The Hall–Kier alpha value is -0.770. The summed E-state index contributed by atoms with van der Waals surface area (Å²) < 4.78 is 5.97. The monoisotopic (exact) mass is 310 g/mol. The van der Waals surface area contributed by atoms with E-state index in [-0.39, 0.29) is 0 Å². The Labute approximate surface area is 133 Å². The largest absolute Gasteiger partial charge is 0.492 e. The molecule has 1 aromatic rings. The maximum Gasteiger partial charge on any atom is 0.125 e. The van der Waals surface area contributed by atoms with Gasteiger partial charge in [0.2, 0.25) is 0 Å². The molecule has 0 aliphatic carbocycles. The van der Waals surface area contributed by atoms with Crippen molar-refractivity contribution in [3.8, 4) is 5.75 Å². The number of rotatable bonds is 8. The van der Waals surface area contributed by atoms with Gasteiger partial charge in [-0.25, -0.2) is 0 Å². The van der Waals surface area contributed by atoms with Gasteiger partial charge in [0.15, 0.2) is 0 Å². The van der Waals surface area contributed by atoms with Crippen LogP contribution >= 0.6 is 11.6 Å². The zero-order valence-electron chi connectivity index (χ0n) is 13.2. The summed E-state index contributed by atoms with van der Waals surface area (Å²) in [5.41, 5.74) is 1.07.